The highest BCUT2D eigenvalue weighted by atomic mass is 19.4. The van der Waals surface area contributed by atoms with Gasteiger partial charge in [0.1, 0.15) is 17.6 Å². The van der Waals surface area contributed by atoms with Gasteiger partial charge in [0, 0.05) is 24.8 Å². The highest BCUT2D eigenvalue weighted by Crippen LogP contribution is 2.48. The van der Waals surface area contributed by atoms with E-state index in [9.17, 15) is 23.1 Å². The Bertz CT molecular complexity index is 1580. The van der Waals surface area contributed by atoms with E-state index in [1.54, 1.807) is 13.0 Å². The number of hydrogen-bond acceptors (Lipinski definition) is 6. The number of carboxylic acids is 1. The van der Waals surface area contributed by atoms with Gasteiger partial charge in [0.05, 0.1) is 11.6 Å². The number of aryl methyl sites for hydroxylation is 4. The van der Waals surface area contributed by atoms with Crippen molar-refractivity contribution in [3.63, 3.8) is 0 Å². The van der Waals surface area contributed by atoms with Crippen LogP contribution in [0, 0.1) is 17.8 Å². The van der Waals surface area contributed by atoms with Crippen molar-refractivity contribution in [1.82, 2.24) is 19.9 Å². The van der Waals surface area contributed by atoms with Crippen LogP contribution in [0.5, 0.6) is 11.5 Å². The van der Waals surface area contributed by atoms with E-state index in [-0.39, 0.29) is 17.8 Å². The van der Waals surface area contributed by atoms with Gasteiger partial charge in [-0.3, -0.25) is 14.4 Å². The summed E-state index contributed by atoms with van der Waals surface area (Å²) in [5, 5.41) is 18.3. The van der Waals surface area contributed by atoms with Gasteiger partial charge < -0.3 is 14.6 Å². The zero-order valence-corrected chi connectivity index (χ0v) is 29.3. The first-order valence-corrected chi connectivity index (χ1v) is 18.6. The minimum absolute atomic E-state index is 0.00438. The summed E-state index contributed by atoms with van der Waals surface area (Å²) in [7, 11) is 0. The molecular weight excluding hydrogens is 645 g/mol. The zero-order valence-electron chi connectivity index (χ0n) is 29.3. The highest BCUT2D eigenvalue weighted by Gasteiger charge is 2.40. The van der Waals surface area contributed by atoms with Crippen LogP contribution in [0.1, 0.15) is 106 Å². The maximum absolute atomic E-state index is 13.4. The molecular formula is C39H51F3N4O4. The minimum Gasteiger partial charge on any atom is -0.490 e. The molecule has 1 aromatic heterocycles. The Morgan fingerprint density at radius 3 is 2.56 bits per heavy atom. The number of fused-ring (bicyclic) bond motifs is 1. The Morgan fingerprint density at radius 1 is 1.04 bits per heavy atom. The first-order valence-electron chi connectivity index (χ1n) is 18.6. The normalized spacial score (nSPS) is 19.8. The van der Waals surface area contributed by atoms with Crippen LogP contribution < -0.4 is 9.47 Å². The smallest absolute Gasteiger partial charge is 0.490 e. The van der Waals surface area contributed by atoms with Crippen molar-refractivity contribution < 1.29 is 32.5 Å². The summed E-state index contributed by atoms with van der Waals surface area (Å²) in [6.45, 7) is 6.48. The van der Waals surface area contributed by atoms with E-state index < -0.39 is 18.2 Å². The SMILES string of the molecule is CCCCCCc1cn(CCc2ccc(OC(F)(F)F)c(CN3CCC(C4CCc5ccc([C@H](C6CC6)[C@H](C)C(=O)O)cc5O4)CC3)c2)nn1. The number of carboxylic acid groups (broad SMARTS) is 1. The molecule has 1 N–H and O–H groups in total. The molecule has 1 aliphatic carbocycles. The Hall–Kier alpha value is -3.60. The summed E-state index contributed by atoms with van der Waals surface area (Å²) in [6.07, 6.45) is 9.22. The maximum atomic E-state index is 13.4. The van der Waals surface area contributed by atoms with Crippen molar-refractivity contribution >= 4 is 5.97 Å². The molecule has 0 amide bonds. The number of hydrogen-bond donors (Lipinski definition) is 1. The molecule has 1 saturated carbocycles. The molecule has 11 heteroatoms. The number of carbonyl (C=O) groups is 1. The van der Waals surface area contributed by atoms with Crippen molar-refractivity contribution in [3.8, 4) is 11.5 Å². The number of nitrogens with zero attached hydrogens (tertiary/aromatic N) is 4. The van der Waals surface area contributed by atoms with Crippen molar-refractivity contribution in [1.29, 1.82) is 0 Å². The number of piperidine rings is 1. The van der Waals surface area contributed by atoms with Gasteiger partial charge in [0.25, 0.3) is 0 Å². The Morgan fingerprint density at radius 2 is 1.84 bits per heavy atom. The number of benzene rings is 2. The van der Waals surface area contributed by atoms with Crippen molar-refractivity contribution in [2.24, 2.45) is 17.8 Å². The predicted molar refractivity (Wildman–Crippen MR) is 184 cm³/mol. The molecule has 0 bridgehead atoms. The standard InChI is InChI=1S/C39H51F3N4O4/c1-3-4-5-6-7-33-25-46(44-43-33)21-16-27-8-14-35(50-39(40,41)42)32(22-27)24-45-19-17-29(18-20-45)34-15-13-28-9-12-31(23-36(28)49-34)37(30-10-11-30)26(2)38(47)48/h8-9,12,14,22-23,25-26,29-30,34,37H,3-7,10-11,13,15-21,24H2,1-2H3,(H,47,48)/t26-,34?,37-/m0/s1. The van der Waals surface area contributed by atoms with E-state index in [0.717, 1.165) is 87.0 Å². The van der Waals surface area contributed by atoms with Crippen LogP contribution in [0.15, 0.2) is 42.6 Å². The number of alkyl halides is 3. The number of likely N-dealkylation sites (tertiary alicyclic amines) is 1. The maximum Gasteiger partial charge on any atom is 0.573 e. The van der Waals surface area contributed by atoms with Crippen LogP contribution in [0.25, 0.3) is 0 Å². The molecule has 8 nitrogen and oxygen atoms in total. The quantitative estimate of drug-likeness (QED) is 0.151. The second kappa shape index (κ2) is 16.2. The monoisotopic (exact) mass is 696 g/mol. The first kappa shape index (κ1) is 36.2. The number of unbranched alkanes of at least 4 members (excludes halogenated alkanes) is 3. The lowest BCUT2D eigenvalue weighted by Crippen LogP contribution is -2.40. The van der Waals surface area contributed by atoms with Crippen molar-refractivity contribution in [2.45, 2.75) is 122 Å². The fraction of sp³-hybridized carbons (Fsp3) is 0.615. The molecule has 3 heterocycles. The molecule has 0 radical (unpaired) electrons. The summed E-state index contributed by atoms with van der Waals surface area (Å²) in [6, 6.07) is 11.3. The van der Waals surface area contributed by atoms with Gasteiger partial charge in [-0.1, -0.05) is 62.6 Å². The third kappa shape index (κ3) is 9.59. The molecule has 6 rings (SSSR count). The third-order valence-electron chi connectivity index (χ3n) is 10.9. The third-order valence-corrected chi connectivity index (χ3v) is 10.9. The lowest BCUT2D eigenvalue weighted by molar-refractivity contribution is -0.275. The molecule has 0 spiro atoms. The van der Waals surface area contributed by atoms with E-state index >= 15 is 0 Å². The summed E-state index contributed by atoms with van der Waals surface area (Å²) in [5.74, 6) is 0.276. The summed E-state index contributed by atoms with van der Waals surface area (Å²) < 4.78 is 53.0. The molecule has 3 atom stereocenters. The Kier molecular flexibility index (Phi) is 11.7. The van der Waals surface area contributed by atoms with Crippen molar-refractivity contribution in [3.05, 3.63) is 70.5 Å². The minimum atomic E-state index is -4.77. The number of halogens is 3. The van der Waals surface area contributed by atoms with Gasteiger partial charge in [-0.2, -0.15) is 0 Å². The zero-order chi connectivity index (χ0) is 35.3. The molecule has 272 valence electrons. The average molecular weight is 697 g/mol. The van der Waals surface area contributed by atoms with Gasteiger partial charge in [-0.05, 0) is 117 Å². The van der Waals surface area contributed by atoms with Gasteiger partial charge >= 0.3 is 12.3 Å². The van der Waals surface area contributed by atoms with E-state index in [1.807, 2.05) is 16.9 Å². The van der Waals surface area contributed by atoms with E-state index in [0.29, 0.717) is 36.9 Å². The van der Waals surface area contributed by atoms with Crippen LogP contribution in [0.4, 0.5) is 13.2 Å². The predicted octanol–water partition coefficient (Wildman–Crippen LogP) is 8.36. The summed E-state index contributed by atoms with van der Waals surface area (Å²) >= 11 is 0. The van der Waals surface area contributed by atoms with Crippen molar-refractivity contribution in [2.75, 3.05) is 13.1 Å². The molecule has 2 fully saturated rings. The van der Waals surface area contributed by atoms with Gasteiger partial charge in [-0.15, -0.1) is 18.3 Å². The lowest BCUT2D eigenvalue weighted by Gasteiger charge is -2.38. The number of aliphatic carboxylic acids is 1. The van der Waals surface area contributed by atoms with Gasteiger partial charge in [0.2, 0.25) is 0 Å². The molecule has 3 aromatic rings. The fourth-order valence-electron chi connectivity index (χ4n) is 7.92. The Labute approximate surface area is 293 Å². The van der Waals surface area contributed by atoms with Crippen LogP contribution >= 0.6 is 0 Å². The molecule has 2 aromatic carbocycles. The number of aromatic nitrogens is 3. The van der Waals surface area contributed by atoms with Gasteiger partial charge in [-0.25, -0.2) is 0 Å². The van der Waals surface area contributed by atoms with Gasteiger partial charge in [0.15, 0.2) is 0 Å². The van der Waals surface area contributed by atoms with E-state index in [4.69, 9.17) is 4.74 Å². The van der Waals surface area contributed by atoms with Crippen LogP contribution in [-0.2, 0) is 37.1 Å². The van der Waals surface area contributed by atoms with Crippen LogP contribution in [0.2, 0.25) is 0 Å². The average Bonchev–Trinajstić information content (AvgIpc) is 3.82. The fourth-order valence-corrected chi connectivity index (χ4v) is 7.92. The second-order valence-corrected chi connectivity index (χ2v) is 14.7. The molecule has 50 heavy (non-hydrogen) atoms. The topological polar surface area (TPSA) is 89.7 Å². The Balaban J connectivity index is 1.05. The lowest BCUT2D eigenvalue weighted by atomic mass is 9.81. The second-order valence-electron chi connectivity index (χ2n) is 14.7. The van der Waals surface area contributed by atoms with Crippen LogP contribution in [-0.4, -0.2) is 56.5 Å². The van der Waals surface area contributed by atoms with Crippen LogP contribution in [0.3, 0.4) is 0 Å². The molecule has 2 aliphatic heterocycles. The first-order chi connectivity index (χ1) is 24.1. The largest absolute Gasteiger partial charge is 0.573 e. The summed E-state index contributed by atoms with van der Waals surface area (Å²) in [5.41, 5.74) is 4.66. The molecule has 1 unspecified atom stereocenters. The molecule has 1 saturated heterocycles. The highest BCUT2D eigenvalue weighted by molar-refractivity contribution is 5.71. The summed E-state index contributed by atoms with van der Waals surface area (Å²) in [4.78, 5) is 14.1. The number of rotatable bonds is 16. The number of ether oxygens (including phenoxy) is 2. The molecule has 3 aliphatic rings. The van der Waals surface area contributed by atoms with E-state index in [2.05, 4.69) is 45.1 Å². The van der Waals surface area contributed by atoms with E-state index in [1.165, 1.54) is 30.9 Å².